The van der Waals surface area contributed by atoms with Crippen molar-refractivity contribution < 1.29 is 4.42 Å². The summed E-state index contributed by atoms with van der Waals surface area (Å²) in [5.74, 6) is 0. The molecule has 0 atom stereocenters. The molecule has 1 nitrogen and oxygen atoms in total. The van der Waals surface area contributed by atoms with Crippen molar-refractivity contribution in [1.82, 2.24) is 0 Å². The molecule has 4 radical (unpaired) electrons. The number of para-hydroxylation sites is 1. The van der Waals surface area contributed by atoms with Crippen molar-refractivity contribution in [3.63, 3.8) is 0 Å². The summed E-state index contributed by atoms with van der Waals surface area (Å²) in [5, 5.41) is 2.23. The summed E-state index contributed by atoms with van der Waals surface area (Å²) in [6, 6.07) is 27.6. The number of furan rings is 1. The van der Waals surface area contributed by atoms with E-state index in [4.69, 9.17) is 4.42 Å². The third-order valence-electron chi connectivity index (χ3n) is 3.24. The van der Waals surface area contributed by atoms with Crippen LogP contribution in [0.1, 0.15) is 0 Å². The number of rotatable bonds is 1. The average Bonchev–Trinajstić information content (AvgIpc) is 2.86. The molecule has 3 aromatic carbocycles. The van der Waals surface area contributed by atoms with Crippen molar-refractivity contribution >= 4 is 21.9 Å². The molecule has 0 aliphatic rings. The Morgan fingerprint density at radius 3 is 2.63 bits per heavy atom. The van der Waals surface area contributed by atoms with Gasteiger partial charge in [0.1, 0.15) is 11.2 Å². The second-order valence-electron chi connectivity index (χ2n) is 4.35. The van der Waals surface area contributed by atoms with Crippen molar-refractivity contribution in [3.8, 4) is 11.1 Å². The van der Waals surface area contributed by atoms with Crippen LogP contribution in [0, 0.1) is 24.3 Å². The second kappa shape index (κ2) is 3.99. The van der Waals surface area contributed by atoms with Gasteiger partial charge in [-0.2, -0.15) is 0 Å². The molecule has 4 aromatic rings. The summed E-state index contributed by atoms with van der Waals surface area (Å²) >= 11 is 0. The normalized spacial score (nSPS) is 11.2. The number of hydrogen-bond donors (Lipinski definition) is 0. The molecule has 4 rings (SSSR count). The first-order valence-corrected chi connectivity index (χ1v) is 6.06. The molecule has 0 saturated heterocycles. The summed E-state index contributed by atoms with van der Waals surface area (Å²) in [7, 11) is 0. The zero-order chi connectivity index (χ0) is 12.7. The minimum Gasteiger partial charge on any atom is -0.456 e. The van der Waals surface area contributed by atoms with Crippen LogP contribution in [0.3, 0.4) is 0 Å². The molecule has 0 amide bonds. The molecule has 0 saturated carbocycles. The summed E-state index contributed by atoms with van der Waals surface area (Å²) in [4.78, 5) is 0. The molecule has 0 N–H and O–H groups in total. The van der Waals surface area contributed by atoms with E-state index in [0.29, 0.717) is 0 Å². The lowest BCUT2D eigenvalue weighted by molar-refractivity contribution is 0.669. The van der Waals surface area contributed by atoms with Gasteiger partial charge in [-0.15, -0.1) is 0 Å². The predicted octanol–water partition coefficient (Wildman–Crippen LogP) is 4.45. The molecule has 1 heteroatoms. The Balaban J connectivity index is 2.17. The third-order valence-corrected chi connectivity index (χ3v) is 3.24. The first kappa shape index (κ1) is 10.4. The molecule has 0 aliphatic carbocycles. The SMILES string of the molecule is [c]1[c][c]c(-c2cccc3oc4ccccc4c23)c[c]1. The minimum absolute atomic E-state index is 0.889. The van der Waals surface area contributed by atoms with Crippen LogP contribution in [-0.2, 0) is 0 Å². The fraction of sp³-hybridized carbons (Fsp3) is 0. The van der Waals surface area contributed by atoms with Gasteiger partial charge in [0.25, 0.3) is 0 Å². The summed E-state index contributed by atoms with van der Waals surface area (Å²) < 4.78 is 5.87. The van der Waals surface area contributed by atoms with Crippen molar-refractivity contribution in [3.05, 3.63) is 72.8 Å². The molecule has 0 spiro atoms. The summed E-state index contributed by atoms with van der Waals surface area (Å²) in [6.07, 6.45) is 0. The van der Waals surface area contributed by atoms with Crippen molar-refractivity contribution in [1.29, 1.82) is 0 Å². The van der Waals surface area contributed by atoms with Crippen LogP contribution >= 0.6 is 0 Å². The standard InChI is InChI=1S/C18H8O/c1-2-7-13(8-3-1)14-10-6-12-17-18(14)15-9-4-5-11-16(15)19-17/h4-7,9-12H. The van der Waals surface area contributed by atoms with E-state index in [0.717, 1.165) is 33.1 Å². The lowest BCUT2D eigenvalue weighted by Crippen LogP contribution is -1.79. The molecular formula is C18H8O. The fourth-order valence-corrected chi connectivity index (χ4v) is 2.42. The Morgan fingerprint density at radius 2 is 1.74 bits per heavy atom. The highest BCUT2D eigenvalue weighted by Crippen LogP contribution is 2.35. The van der Waals surface area contributed by atoms with Crippen molar-refractivity contribution in [2.75, 3.05) is 0 Å². The molecule has 1 heterocycles. The van der Waals surface area contributed by atoms with Gasteiger partial charge in [-0.05, 0) is 53.6 Å². The van der Waals surface area contributed by atoms with Crippen LogP contribution in [0.2, 0.25) is 0 Å². The molecule has 0 fully saturated rings. The topological polar surface area (TPSA) is 13.1 Å². The van der Waals surface area contributed by atoms with Gasteiger partial charge in [0.2, 0.25) is 0 Å². The third kappa shape index (κ3) is 1.55. The predicted molar refractivity (Wildman–Crippen MR) is 74.5 cm³/mol. The molecular weight excluding hydrogens is 232 g/mol. The second-order valence-corrected chi connectivity index (χ2v) is 4.35. The van der Waals surface area contributed by atoms with Crippen LogP contribution in [0.5, 0.6) is 0 Å². The Bertz CT molecular complexity index is 857. The molecule has 0 aliphatic heterocycles. The lowest BCUT2D eigenvalue weighted by Gasteiger charge is -2.02. The van der Waals surface area contributed by atoms with E-state index in [-0.39, 0.29) is 0 Å². The van der Waals surface area contributed by atoms with E-state index < -0.39 is 0 Å². The summed E-state index contributed by atoms with van der Waals surface area (Å²) in [5.41, 5.74) is 3.83. The first-order chi connectivity index (χ1) is 9.43. The van der Waals surface area contributed by atoms with Gasteiger partial charge in [-0.3, -0.25) is 0 Å². The highest BCUT2D eigenvalue weighted by molar-refractivity contribution is 6.12. The smallest absolute Gasteiger partial charge is 0.136 e. The average molecular weight is 240 g/mol. The maximum absolute atomic E-state index is 5.87. The number of fused-ring (bicyclic) bond motifs is 3. The van der Waals surface area contributed by atoms with Crippen LogP contribution < -0.4 is 0 Å². The van der Waals surface area contributed by atoms with E-state index in [2.05, 4.69) is 36.4 Å². The van der Waals surface area contributed by atoms with Crippen molar-refractivity contribution in [2.24, 2.45) is 0 Å². The largest absolute Gasteiger partial charge is 0.456 e. The van der Waals surface area contributed by atoms with Gasteiger partial charge in [0, 0.05) is 10.8 Å². The van der Waals surface area contributed by atoms with Gasteiger partial charge < -0.3 is 4.42 Å². The molecule has 86 valence electrons. The Morgan fingerprint density at radius 1 is 0.842 bits per heavy atom. The lowest BCUT2D eigenvalue weighted by atomic mass is 10.00. The van der Waals surface area contributed by atoms with E-state index in [1.165, 1.54) is 0 Å². The van der Waals surface area contributed by atoms with Gasteiger partial charge in [-0.25, -0.2) is 0 Å². The van der Waals surface area contributed by atoms with Gasteiger partial charge >= 0.3 is 0 Å². The van der Waals surface area contributed by atoms with Crippen LogP contribution in [0.25, 0.3) is 33.1 Å². The molecule has 1 aromatic heterocycles. The molecule has 0 unspecified atom stereocenters. The first-order valence-electron chi connectivity index (χ1n) is 6.06. The molecule has 0 bridgehead atoms. The maximum atomic E-state index is 5.87. The Kier molecular flexibility index (Phi) is 2.18. The van der Waals surface area contributed by atoms with Gasteiger partial charge in [0.05, 0.1) is 0 Å². The zero-order valence-corrected chi connectivity index (χ0v) is 10.0. The number of hydrogen-bond acceptors (Lipinski definition) is 1. The molecule has 19 heavy (non-hydrogen) atoms. The van der Waals surface area contributed by atoms with E-state index in [9.17, 15) is 0 Å². The van der Waals surface area contributed by atoms with Gasteiger partial charge in [-0.1, -0.05) is 30.3 Å². The quantitative estimate of drug-likeness (QED) is 0.479. The van der Waals surface area contributed by atoms with E-state index in [1.54, 1.807) is 0 Å². The monoisotopic (exact) mass is 240 g/mol. The summed E-state index contributed by atoms with van der Waals surface area (Å²) in [6.45, 7) is 0. The van der Waals surface area contributed by atoms with E-state index >= 15 is 0 Å². The highest BCUT2D eigenvalue weighted by Gasteiger charge is 2.11. The highest BCUT2D eigenvalue weighted by atomic mass is 16.3. The van der Waals surface area contributed by atoms with Crippen LogP contribution in [-0.4, -0.2) is 0 Å². The van der Waals surface area contributed by atoms with Crippen molar-refractivity contribution in [2.45, 2.75) is 0 Å². The Hall–Kier alpha value is -2.54. The fourth-order valence-electron chi connectivity index (χ4n) is 2.42. The maximum Gasteiger partial charge on any atom is 0.136 e. The van der Waals surface area contributed by atoms with Gasteiger partial charge in [0.15, 0.2) is 0 Å². The minimum atomic E-state index is 0.889. The van der Waals surface area contributed by atoms with Crippen LogP contribution in [0.15, 0.2) is 52.9 Å². The van der Waals surface area contributed by atoms with E-state index in [1.807, 2.05) is 36.4 Å². The van der Waals surface area contributed by atoms with Crippen LogP contribution in [0.4, 0.5) is 0 Å². The number of benzene rings is 3. The Labute approximate surface area is 111 Å². The zero-order valence-electron chi connectivity index (χ0n) is 10.0.